The van der Waals surface area contributed by atoms with E-state index in [0.717, 1.165) is 6.07 Å². The minimum absolute atomic E-state index is 0.00407. The van der Waals surface area contributed by atoms with E-state index < -0.39 is 16.7 Å². The second-order valence-electron chi connectivity index (χ2n) is 2.79. The summed E-state index contributed by atoms with van der Waals surface area (Å²) in [6.07, 6.45) is 0. The van der Waals surface area contributed by atoms with Gasteiger partial charge < -0.3 is 14.6 Å². The molecule has 0 aliphatic heterocycles. The number of carboxylic acids is 1. The van der Waals surface area contributed by atoms with Crippen LogP contribution >= 0.6 is 0 Å². The summed E-state index contributed by atoms with van der Waals surface area (Å²) in [6.45, 7) is 0. The molecule has 0 fully saturated rings. The predicted octanol–water partition coefficient (Wildman–Crippen LogP) is 0.372. The van der Waals surface area contributed by atoms with E-state index in [9.17, 15) is 13.2 Å². The lowest BCUT2D eigenvalue weighted by atomic mass is 10.2. The van der Waals surface area contributed by atoms with Gasteiger partial charge in [0.05, 0.1) is 19.1 Å². The largest absolute Gasteiger partial charge is 0.493 e. The Balaban J connectivity index is 3.55. The SMILES string of the molecule is COc1cc([SH](=O)=O)cc(C(=O)O)c1OC. The number of carbonyl (C=O) groups is 1. The Morgan fingerprint density at radius 3 is 2.25 bits per heavy atom. The fraction of sp³-hybridized carbons (Fsp3) is 0.222. The van der Waals surface area contributed by atoms with E-state index in [0.29, 0.717) is 0 Å². The lowest BCUT2D eigenvalue weighted by Crippen LogP contribution is -2.03. The van der Waals surface area contributed by atoms with E-state index in [2.05, 4.69) is 0 Å². The van der Waals surface area contributed by atoms with Crippen molar-refractivity contribution < 1.29 is 27.8 Å². The van der Waals surface area contributed by atoms with Crippen LogP contribution in [0.2, 0.25) is 0 Å². The monoisotopic (exact) mass is 246 g/mol. The van der Waals surface area contributed by atoms with Crippen molar-refractivity contribution in [2.75, 3.05) is 14.2 Å². The zero-order valence-corrected chi connectivity index (χ0v) is 9.48. The normalized spacial score (nSPS) is 10.2. The average molecular weight is 246 g/mol. The quantitative estimate of drug-likeness (QED) is 0.746. The van der Waals surface area contributed by atoms with Crippen LogP contribution in [0.5, 0.6) is 11.5 Å². The molecule has 16 heavy (non-hydrogen) atoms. The molecule has 1 N–H and O–H groups in total. The summed E-state index contributed by atoms with van der Waals surface area (Å²) in [5.41, 5.74) is -0.254. The molecule has 7 heteroatoms. The van der Waals surface area contributed by atoms with Gasteiger partial charge >= 0.3 is 5.97 Å². The van der Waals surface area contributed by atoms with Crippen molar-refractivity contribution >= 4 is 16.7 Å². The topological polar surface area (TPSA) is 89.9 Å². The third kappa shape index (κ3) is 2.25. The van der Waals surface area contributed by atoms with E-state index in [-0.39, 0.29) is 22.0 Å². The van der Waals surface area contributed by atoms with Crippen LogP contribution in [0.3, 0.4) is 0 Å². The number of thiol groups is 1. The molecule has 0 unspecified atom stereocenters. The highest BCUT2D eigenvalue weighted by atomic mass is 32.2. The molecule has 0 saturated carbocycles. The first kappa shape index (κ1) is 12.3. The van der Waals surface area contributed by atoms with Gasteiger partial charge in [0.15, 0.2) is 22.2 Å². The molecule has 88 valence electrons. The molecule has 0 aromatic heterocycles. The van der Waals surface area contributed by atoms with Gasteiger partial charge in [-0.2, -0.15) is 0 Å². The van der Waals surface area contributed by atoms with Crippen molar-refractivity contribution in [1.82, 2.24) is 0 Å². The van der Waals surface area contributed by atoms with E-state index in [1.165, 1.54) is 20.3 Å². The van der Waals surface area contributed by atoms with Gasteiger partial charge in [0.2, 0.25) is 0 Å². The maximum absolute atomic E-state index is 10.9. The Morgan fingerprint density at radius 2 is 1.88 bits per heavy atom. The molecule has 6 nitrogen and oxygen atoms in total. The first-order valence-corrected chi connectivity index (χ1v) is 5.32. The molecular formula is C9H10O6S. The number of methoxy groups -OCH3 is 2. The van der Waals surface area contributed by atoms with Crippen LogP contribution in [0.15, 0.2) is 17.0 Å². The molecule has 0 amide bonds. The van der Waals surface area contributed by atoms with Crippen molar-refractivity contribution in [2.24, 2.45) is 0 Å². The first-order chi connectivity index (χ1) is 7.51. The second kappa shape index (κ2) is 4.84. The van der Waals surface area contributed by atoms with Gasteiger partial charge in [-0.1, -0.05) is 0 Å². The van der Waals surface area contributed by atoms with Gasteiger partial charge in [0.25, 0.3) is 0 Å². The highest BCUT2D eigenvalue weighted by Gasteiger charge is 2.18. The van der Waals surface area contributed by atoms with Gasteiger partial charge in [-0.25, -0.2) is 13.2 Å². The van der Waals surface area contributed by atoms with Crippen molar-refractivity contribution in [3.8, 4) is 11.5 Å². The van der Waals surface area contributed by atoms with Crippen LogP contribution in [0.4, 0.5) is 0 Å². The summed E-state index contributed by atoms with van der Waals surface area (Å²) in [7, 11) is -0.299. The molecule has 0 radical (unpaired) electrons. The van der Waals surface area contributed by atoms with Crippen LogP contribution < -0.4 is 9.47 Å². The molecule has 1 aromatic carbocycles. The van der Waals surface area contributed by atoms with Gasteiger partial charge in [-0.15, -0.1) is 0 Å². The lowest BCUT2D eigenvalue weighted by Gasteiger charge is -2.10. The summed E-state index contributed by atoms with van der Waals surface area (Å²) in [6, 6.07) is 2.23. The molecule has 0 aliphatic rings. The molecule has 0 atom stereocenters. The first-order valence-electron chi connectivity index (χ1n) is 4.15. The smallest absolute Gasteiger partial charge is 0.339 e. The number of hydrogen-bond acceptors (Lipinski definition) is 5. The molecule has 0 aliphatic carbocycles. The summed E-state index contributed by atoms with van der Waals surface area (Å²) >= 11 is 0. The molecule has 1 aromatic rings. The molecule has 1 rings (SSSR count). The average Bonchev–Trinajstić information content (AvgIpc) is 2.26. The Morgan fingerprint density at radius 1 is 1.25 bits per heavy atom. The molecule has 0 saturated heterocycles. The standard InChI is InChI=1S/C9H10O6S/c1-14-7-4-5(16(12)13)3-6(9(10)11)8(7)15-2/h3-4,16H,1-2H3,(H,10,11). The molecule has 0 spiro atoms. The van der Waals surface area contributed by atoms with Crippen LogP contribution in [-0.4, -0.2) is 33.7 Å². The van der Waals surface area contributed by atoms with Crippen LogP contribution in [0.1, 0.15) is 10.4 Å². The van der Waals surface area contributed by atoms with Crippen LogP contribution in [-0.2, 0) is 10.7 Å². The van der Waals surface area contributed by atoms with Crippen molar-refractivity contribution in [1.29, 1.82) is 0 Å². The maximum atomic E-state index is 10.9. The van der Waals surface area contributed by atoms with E-state index in [1.807, 2.05) is 0 Å². The maximum Gasteiger partial charge on any atom is 0.339 e. The summed E-state index contributed by atoms with van der Waals surface area (Å²) < 4.78 is 31.3. The van der Waals surface area contributed by atoms with Crippen molar-refractivity contribution in [2.45, 2.75) is 4.90 Å². The fourth-order valence-corrected chi connectivity index (χ4v) is 1.67. The van der Waals surface area contributed by atoms with Gasteiger partial charge in [-0.3, -0.25) is 0 Å². The number of carboxylic acid groups (broad SMARTS) is 1. The Bertz CT molecular complexity index is 483. The van der Waals surface area contributed by atoms with Gasteiger partial charge in [0, 0.05) is 6.07 Å². The number of benzene rings is 1. The number of ether oxygens (including phenoxy) is 2. The molecule has 0 bridgehead atoms. The summed E-state index contributed by atoms with van der Waals surface area (Å²) in [5.74, 6) is -1.22. The summed E-state index contributed by atoms with van der Waals surface area (Å²) in [5, 5.41) is 8.89. The summed E-state index contributed by atoms with van der Waals surface area (Å²) in [4.78, 5) is 10.8. The number of hydrogen-bond donors (Lipinski definition) is 2. The van der Waals surface area contributed by atoms with E-state index >= 15 is 0 Å². The van der Waals surface area contributed by atoms with Gasteiger partial charge in [-0.05, 0) is 6.07 Å². The zero-order valence-electron chi connectivity index (χ0n) is 8.59. The Kier molecular flexibility index (Phi) is 3.73. The van der Waals surface area contributed by atoms with Crippen LogP contribution in [0.25, 0.3) is 0 Å². The molecular weight excluding hydrogens is 236 g/mol. The van der Waals surface area contributed by atoms with E-state index in [4.69, 9.17) is 14.6 Å². The van der Waals surface area contributed by atoms with Crippen molar-refractivity contribution in [3.63, 3.8) is 0 Å². The Labute approximate surface area is 93.4 Å². The minimum Gasteiger partial charge on any atom is -0.493 e. The molecule has 0 heterocycles. The predicted molar refractivity (Wildman–Crippen MR) is 55.1 cm³/mol. The minimum atomic E-state index is -2.87. The highest BCUT2D eigenvalue weighted by Crippen LogP contribution is 2.33. The van der Waals surface area contributed by atoms with Crippen molar-refractivity contribution in [3.05, 3.63) is 17.7 Å². The second-order valence-corrected chi connectivity index (χ2v) is 3.82. The third-order valence-corrected chi connectivity index (χ3v) is 2.58. The third-order valence-electron chi connectivity index (χ3n) is 1.90. The fourth-order valence-electron chi connectivity index (χ4n) is 1.21. The highest BCUT2D eigenvalue weighted by molar-refractivity contribution is 7.72. The Hall–Kier alpha value is -1.76. The van der Waals surface area contributed by atoms with E-state index in [1.54, 1.807) is 0 Å². The van der Waals surface area contributed by atoms with Crippen LogP contribution in [0, 0.1) is 0 Å². The number of aromatic carboxylic acids is 1. The lowest BCUT2D eigenvalue weighted by molar-refractivity contribution is 0.0692. The number of rotatable bonds is 4. The zero-order chi connectivity index (χ0) is 12.3. The van der Waals surface area contributed by atoms with Gasteiger partial charge in [0.1, 0.15) is 5.56 Å².